The van der Waals surface area contributed by atoms with Gasteiger partial charge in [-0.3, -0.25) is 25.0 Å². The van der Waals surface area contributed by atoms with E-state index >= 15 is 0 Å². The lowest BCUT2D eigenvalue weighted by molar-refractivity contribution is -0.380. The summed E-state index contributed by atoms with van der Waals surface area (Å²) in [6.07, 6.45) is 2.56. The lowest BCUT2D eigenvalue weighted by atomic mass is 10.2. The number of halogens is 2. The van der Waals surface area contributed by atoms with Gasteiger partial charge in [0.15, 0.2) is 5.13 Å². The Labute approximate surface area is 166 Å². The highest BCUT2D eigenvalue weighted by molar-refractivity contribution is 7.18. The van der Waals surface area contributed by atoms with Crippen molar-refractivity contribution in [2.45, 2.75) is 6.54 Å². The van der Waals surface area contributed by atoms with Crippen molar-refractivity contribution in [2.24, 2.45) is 0 Å². The third kappa shape index (κ3) is 4.33. The maximum absolute atomic E-state index is 12.6. The Morgan fingerprint density at radius 2 is 2.11 bits per heavy atom. The van der Waals surface area contributed by atoms with Crippen LogP contribution in [0.25, 0.3) is 0 Å². The first kappa shape index (κ1) is 19.0. The molecule has 0 saturated heterocycles. The zero-order chi connectivity index (χ0) is 19.6. The molecule has 0 atom stereocenters. The van der Waals surface area contributed by atoms with Crippen molar-refractivity contribution in [1.82, 2.24) is 9.55 Å². The quantitative estimate of drug-likeness (QED) is 0.494. The largest absolute Gasteiger partial charge is 0.345 e. The van der Waals surface area contributed by atoms with Gasteiger partial charge < -0.3 is 4.57 Å². The fraction of sp³-hybridized carbons (Fsp3) is 0.0625. The fourth-order valence-corrected chi connectivity index (χ4v) is 3.34. The predicted octanol–water partition coefficient (Wildman–Crippen LogP) is 3.82. The van der Waals surface area contributed by atoms with Crippen LogP contribution >= 0.6 is 34.5 Å². The van der Waals surface area contributed by atoms with Crippen LogP contribution in [0.15, 0.2) is 47.5 Å². The molecule has 0 fully saturated rings. The van der Waals surface area contributed by atoms with Gasteiger partial charge in [-0.25, -0.2) is 4.98 Å². The molecule has 2 heterocycles. The van der Waals surface area contributed by atoms with Crippen molar-refractivity contribution >= 4 is 50.6 Å². The lowest BCUT2D eigenvalue weighted by Gasteiger charge is -2.09. The molecule has 1 N–H and O–H groups in total. The lowest BCUT2D eigenvalue weighted by Crippen LogP contribution is -2.29. The van der Waals surface area contributed by atoms with Gasteiger partial charge in [0.05, 0.1) is 11.5 Å². The minimum Gasteiger partial charge on any atom is -0.310 e. The normalized spacial score (nSPS) is 10.6. The van der Waals surface area contributed by atoms with Crippen LogP contribution in [-0.4, -0.2) is 20.4 Å². The van der Waals surface area contributed by atoms with E-state index in [2.05, 4.69) is 10.3 Å². The molecule has 0 radical (unpaired) electrons. The zero-order valence-corrected chi connectivity index (χ0v) is 15.7. The number of carbonyl (C=O) groups is 1. The van der Waals surface area contributed by atoms with Gasteiger partial charge in [0, 0.05) is 16.2 Å². The molecule has 0 bridgehead atoms. The monoisotopic (exact) mass is 424 g/mol. The molecule has 0 saturated carbocycles. The topological polar surface area (TPSA) is 107 Å². The van der Waals surface area contributed by atoms with Crippen LogP contribution in [0.4, 0.5) is 10.1 Å². The number of rotatable bonds is 5. The van der Waals surface area contributed by atoms with E-state index in [-0.39, 0.29) is 22.2 Å². The van der Waals surface area contributed by atoms with Gasteiger partial charge in [-0.1, -0.05) is 29.3 Å². The molecule has 0 unspecified atom stereocenters. The van der Waals surface area contributed by atoms with Crippen LogP contribution < -0.4 is 10.9 Å². The summed E-state index contributed by atoms with van der Waals surface area (Å²) in [7, 11) is 0. The van der Waals surface area contributed by atoms with Gasteiger partial charge in [0.2, 0.25) is 0 Å². The first-order valence-corrected chi connectivity index (χ1v) is 8.97. The van der Waals surface area contributed by atoms with E-state index in [1.165, 1.54) is 16.8 Å². The molecule has 1 aromatic carbocycles. The van der Waals surface area contributed by atoms with Crippen molar-refractivity contribution in [1.29, 1.82) is 0 Å². The SMILES string of the molecule is O=C(Nc1ncc([N+](=O)[O-])s1)c1cccn(Cc2ccc(Cl)cc2Cl)c1=O. The van der Waals surface area contributed by atoms with Gasteiger partial charge in [-0.15, -0.1) is 0 Å². The number of pyridine rings is 1. The van der Waals surface area contributed by atoms with Crippen molar-refractivity contribution < 1.29 is 9.72 Å². The number of thiazole rings is 1. The number of nitrogens with zero attached hydrogens (tertiary/aromatic N) is 3. The molecule has 0 aliphatic rings. The van der Waals surface area contributed by atoms with Crippen LogP contribution in [-0.2, 0) is 6.54 Å². The fourth-order valence-electron chi connectivity index (χ4n) is 2.24. The second kappa shape index (κ2) is 7.87. The summed E-state index contributed by atoms with van der Waals surface area (Å²) in [6.45, 7) is 0.151. The summed E-state index contributed by atoms with van der Waals surface area (Å²) in [5.74, 6) is -0.708. The number of nitro groups is 1. The van der Waals surface area contributed by atoms with Crippen LogP contribution in [0, 0.1) is 10.1 Å². The molecule has 11 heteroatoms. The zero-order valence-electron chi connectivity index (χ0n) is 13.4. The molecule has 0 spiro atoms. The predicted molar refractivity (Wildman–Crippen MR) is 103 cm³/mol. The van der Waals surface area contributed by atoms with Gasteiger partial charge in [0.1, 0.15) is 11.8 Å². The molecule has 3 rings (SSSR count). The Morgan fingerprint density at radius 1 is 1.33 bits per heavy atom. The summed E-state index contributed by atoms with van der Waals surface area (Å²) < 4.78 is 1.33. The highest BCUT2D eigenvalue weighted by Gasteiger charge is 2.17. The Kier molecular flexibility index (Phi) is 5.54. The highest BCUT2D eigenvalue weighted by atomic mass is 35.5. The van der Waals surface area contributed by atoms with Gasteiger partial charge in [-0.2, -0.15) is 0 Å². The Balaban J connectivity index is 1.84. The molecule has 27 heavy (non-hydrogen) atoms. The maximum Gasteiger partial charge on any atom is 0.345 e. The average molecular weight is 425 g/mol. The van der Waals surface area contributed by atoms with Gasteiger partial charge in [0.25, 0.3) is 11.5 Å². The smallest absolute Gasteiger partial charge is 0.310 e. The van der Waals surface area contributed by atoms with Crippen LogP contribution in [0.2, 0.25) is 10.0 Å². The second-order valence-corrected chi connectivity index (χ2v) is 7.16. The van der Waals surface area contributed by atoms with Crippen molar-refractivity contribution in [3.05, 3.63) is 84.4 Å². The summed E-state index contributed by atoms with van der Waals surface area (Å²) in [5.41, 5.74) is 0.00350. The Hall–Kier alpha value is -2.75. The molecule has 2 aromatic heterocycles. The second-order valence-electron chi connectivity index (χ2n) is 5.31. The highest BCUT2D eigenvalue weighted by Crippen LogP contribution is 2.25. The molecule has 0 aliphatic heterocycles. The van der Waals surface area contributed by atoms with Gasteiger partial charge in [-0.05, 0) is 41.2 Å². The van der Waals surface area contributed by atoms with Crippen molar-refractivity contribution in [3.63, 3.8) is 0 Å². The molecule has 8 nitrogen and oxygen atoms in total. The maximum atomic E-state index is 12.6. The molecule has 0 aliphatic carbocycles. The minimum atomic E-state index is -0.708. The van der Waals surface area contributed by atoms with E-state index < -0.39 is 16.4 Å². The molecule has 138 valence electrons. The van der Waals surface area contributed by atoms with E-state index in [1.54, 1.807) is 24.3 Å². The number of carbonyl (C=O) groups excluding carboxylic acids is 1. The minimum absolute atomic E-state index is 0.0299. The number of amides is 1. The van der Waals surface area contributed by atoms with E-state index in [0.29, 0.717) is 26.9 Å². The van der Waals surface area contributed by atoms with E-state index in [9.17, 15) is 19.7 Å². The van der Waals surface area contributed by atoms with Crippen LogP contribution in [0.3, 0.4) is 0 Å². The summed E-state index contributed by atoms with van der Waals surface area (Å²) in [5, 5.41) is 13.8. The molecule has 3 aromatic rings. The molecular formula is C16H10Cl2N4O4S. The van der Waals surface area contributed by atoms with Gasteiger partial charge >= 0.3 is 5.00 Å². The molecular weight excluding hydrogens is 415 g/mol. The number of nitrogens with one attached hydrogen (secondary N) is 1. The third-order valence-electron chi connectivity index (χ3n) is 3.51. The average Bonchev–Trinajstić information content (AvgIpc) is 3.07. The van der Waals surface area contributed by atoms with E-state index in [1.807, 2.05) is 0 Å². The Morgan fingerprint density at radius 3 is 2.78 bits per heavy atom. The number of aromatic nitrogens is 2. The summed E-state index contributed by atoms with van der Waals surface area (Å²) in [4.78, 5) is 38.8. The Bertz CT molecular complexity index is 1100. The number of anilines is 1. The summed E-state index contributed by atoms with van der Waals surface area (Å²) in [6, 6.07) is 7.82. The first-order chi connectivity index (χ1) is 12.8. The third-order valence-corrected chi connectivity index (χ3v) is 4.97. The van der Waals surface area contributed by atoms with Crippen LogP contribution in [0.5, 0.6) is 0 Å². The number of hydrogen-bond donors (Lipinski definition) is 1. The molecule has 1 amide bonds. The van der Waals surface area contributed by atoms with E-state index in [0.717, 1.165) is 6.20 Å². The standard InChI is InChI=1S/C16H10Cl2N4O4S/c17-10-4-3-9(12(18)6-10)8-21-5-1-2-11(15(21)24)14(23)20-16-19-7-13(27-16)22(25)26/h1-7H,8H2,(H,19,20,23). The summed E-state index contributed by atoms with van der Waals surface area (Å²) >= 11 is 12.7. The van der Waals surface area contributed by atoms with Crippen LogP contribution in [0.1, 0.15) is 15.9 Å². The van der Waals surface area contributed by atoms with E-state index in [4.69, 9.17) is 23.2 Å². The van der Waals surface area contributed by atoms with Crippen molar-refractivity contribution in [3.8, 4) is 0 Å². The first-order valence-electron chi connectivity index (χ1n) is 7.40. The number of benzene rings is 1. The number of hydrogen-bond acceptors (Lipinski definition) is 6. The van der Waals surface area contributed by atoms with Crippen molar-refractivity contribution in [2.75, 3.05) is 5.32 Å².